The van der Waals surface area contributed by atoms with Gasteiger partial charge in [-0.3, -0.25) is 0 Å². The second-order valence-corrected chi connectivity index (χ2v) is 5.90. The van der Waals surface area contributed by atoms with Crippen LogP contribution in [0.15, 0.2) is 18.2 Å². The normalized spacial score (nSPS) is 22.9. The SMILES string of the molecule is COc1ccc(N2CC(C)(C)NCC2C)cc1C. The van der Waals surface area contributed by atoms with Gasteiger partial charge in [0.1, 0.15) is 5.75 Å². The average molecular weight is 248 g/mol. The van der Waals surface area contributed by atoms with Crippen molar-refractivity contribution in [1.29, 1.82) is 0 Å². The standard InChI is InChI=1S/C15H24N2O/c1-11-8-13(6-7-14(11)18-5)17-10-15(3,4)16-9-12(17)2/h6-8,12,16H,9-10H2,1-5H3. The van der Waals surface area contributed by atoms with E-state index >= 15 is 0 Å². The smallest absolute Gasteiger partial charge is 0.121 e. The van der Waals surface area contributed by atoms with Crippen LogP contribution in [-0.4, -0.2) is 31.8 Å². The van der Waals surface area contributed by atoms with E-state index in [1.165, 1.54) is 11.3 Å². The van der Waals surface area contributed by atoms with Gasteiger partial charge in [0, 0.05) is 30.4 Å². The van der Waals surface area contributed by atoms with Crippen LogP contribution in [0.3, 0.4) is 0 Å². The zero-order valence-corrected chi connectivity index (χ0v) is 12.1. The second kappa shape index (κ2) is 4.81. The fraction of sp³-hybridized carbons (Fsp3) is 0.600. The molecule has 1 aliphatic rings. The van der Waals surface area contributed by atoms with Gasteiger partial charge in [0.05, 0.1) is 7.11 Å². The largest absolute Gasteiger partial charge is 0.496 e. The van der Waals surface area contributed by atoms with Crippen LogP contribution in [0.4, 0.5) is 5.69 Å². The van der Waals surface area contributed by atoms with Gasteiger partial charge in [-0.15, -0.1) is 0 Å². The molecule has 1 unspecified atom stereocenters. The zero-order chi connectivity index (χ0) is 13.3. The number of hydrogen-bond donors (Lipinski definition) is 1. The Hall–Kier alpha value is -1.22. The van der Waals surface area contributed by atoms with Gasteiger partial charge in [-0.1, -0.05) is 0 Å². The quantitative estimate of drug-likeness (QED) is 0.870. The molecule has 1 atom stereocenters. The van der Waals surface area contributed by atoms with E-state index in [-0.39, 0.29) is 5.54 Å². The zero-order valence-electron chi connectivity index (χ0n) is 12.1. The molecule has 0 bridgehead atoms. The van der Waals surface area contributed by atoms with E-state index in [2.05, 4.69) is 56.1 Å². The summed E-state index contributed by atoms with van der Waals surface area (Å²) in [6.45, 7) is 10.9. The lowest BCUT2D eigenvalue weighted by atomic mass is 9.98. The third-order valence-corrected chi connectivity index (χ3v) is 3.68. The van der Waals surface area contributed by atoms with Crippen molar-refractivity contribution in [3.63, 3.8) is 0 Å². The first-order chi connectivity index (χ1) is 8.43. The van der Waals surface area contributed by atoms with Gasteiger partial charge >= 0.3 is 0 Å². The average Bonchev–Trinajstić information content (AvgIpc) is 2.32. The van der Waals surface area contributed by atoms with Gasteiger partial charge in [-0.05, 0) is 51.5 Å². The molecule has 1 heterocycles. The summed E-state index contributed by atoms with van der Waals surface area (Å²) in [4.78, 5) is 2.48. The van der Waals surface area contributed by atoms with E-state index in [1.54, 1.807) is 7.11 Å². The Morgan fingerprint density at radius 3 is 2.72 bits per heavy atom. The third-order valence-electron chi connectivity index (χ3n) is 3.68. The fourth-order valence-electron chi connectivity index (χ4n) is 2.56. The number of ether oxygens (including phenoxy) is 1. The first kappa shape index (κ1) is 13.2. The number of benzene rings is 1. The van der Waals surface area contributed by atoms with E-state index in [9.17, 15) is 0 Å². The highest BCUT2D eigenvalue weighted by Gasteiger charge is 2.30. The van der Waals surface area contributed by atoms with Crippen LogP contribution in [0.1, 0.15) is 26.3 Å². The van der Waals surface area contributed by atoms with Gasteiger partial charge in [0.2, 0.25) is 0 Å². The molecule has 0 aromatic heterocycles. The molecule has 0 saturated carbocycles. The monoisotopic (exact) mass is 248 g/mol. The van der Waals surface area contributed by atoms with Crippen LogP contribution in [0.25, 0.3) is 0 Å². The Morgan fingerprint density at radius 1 is 1.39 bits per heavy atom. The van der Waals surface area contributed by atoms with Gasteiger partial charge in [0.15, 0.2) is 0 Å². The molecule has 0 amide bonds. The summed E-state index contributed by atoms with van der Waals surface area (Å²) < 4.78 is 5.32. The number of piperazine rings is 1. The minimum Gasteiger partial charge on any atom is -0.496 e. The summed E-state index contributed by atoms with van der Waals surface area (Å²) in [5.74, 6) is 0.959. The van der Waals surface area contributed by atoms with Crippen molar-refractivity contribution in [2.75, 3.05) is 25.1 Å². The number of anilines is 1. The summed E-state index contributed by atoms with van der Waals surface area (Å²) in [5.41, 5.74) is 2.65. The summed E-state index contributed by atoms with van der Waals surface area (Å²) in [7, 11) is 1.72. The molecule has 1 aliphatic heterocycles. The minimum absolute atomic E-state index is 0.167. The fourth-order valence-corrected chi connectivity index (χ4v) is 2.56. The molecular weight excluding hydrogens is 224 g/mol. The molecule has 1 N–H and O–H groups in total. The van der Waals surface area contributed by atoms with Gasteiger partial charge in [0.25, 0.3) is 0 Å². The van der Waals surface area contributed by atoms with Crippen LogP contribution in [0.2, 0.25) is 0 Å². The summed E-state index contributed by atoms with van der Waals surface area (Å²) in [5, 5.41) is 3.58. The summed E-state index contributed by atoms with van der Waals surface area (Å²) >= 11 is 0. The van der Waals surface area contributed by atoms with Crippen LogP contribution < -0.4 is 15.0 Å². The van der Waals surface area contributed by atoms with E-state index in [1.807, 2.05) is 0 Å². The van der Waals surface area contributed by atoms with Crippen molar-refractivity contribution in [3.05, 3.63) is 23.8 Å². The molecule has 1 aromatic rings. The topological polar surface area (TPSA) is 24.5 Å². The number of nitrogens with zero attached hydrogens (tertiary/aromatic N) is 1. The van der Waals surface area contributed by atoms with Gasteiger partial charge in [-0.2, -0.15) is 0 Å². The lowest BCUT2D eigenvalue weighted by molar-refractivity contribution is 0.318. The van der Waals surface area contributed by atoms with Crippen molar-refractivity contribution in [2.24, 2.45) is 0 Å². The Balaban J connectivity index is 2.26. The number of rotatable bonds is 2. The van der Waals surface area contributed by atoms with E-state index in [4.69, 9.17) is 4.74 Å². The number of nitrogens with one attached hydrogen (secondary N) is 1. The molecular formula is C15H24N2O. The van der Waals surface area contributed by atoms with Crippen molar-refractivity contribution in [3.8, 4) is 5.75 Å². The molecule has 2 rings (SSSR count). The lowest BCUT2D eigenvalue weighted by Crippen LogP contribution is -2.61. The van der Waals surface area contributed by atoms with Crippen LogP contribution in [-0.2, 0) is 0 Å². The molecule has 0 radical (unpaired) electrons. The molecule has 1 saturated heterocycles. The maximum atomic E-state index is 5.32. The van der Waals surface area contributed by atoms with Crippen LogP contribution in [0, 0.1) is 6.92 Å². The van der Waals surface area contributed by atoms with Gasteiger partial charge in [-0.25, -0.2) is 0 Å². The Morgan fingerprint density at radius 2 is 2.11 bits per heavy atom. The highest BCUT2D eigenvalue weighted by molar-refractivity contribution is 5.54. The molecule has 3 nitrogen and oxygen atoms in total. The van der Waals surface area contributed by atoms with Crippen molar-refractivity contribution < 1.29 is 4.74 Å². The maximum Gasteiger partial charge on any atom is 0.121 e. The predicted octanol–water partition coefficient (Wildman–Crippen LogP) is 2.58. The summed E-state index contributed by atoms with van der Waals surface area (Å²) in [6.07, 6.45) is 0. The number of methoxy groups -OCH3 is 1. The van der Waals surface area contributed by atoms with E-state index in [0.717, 1.165) is 18.8 Å². The lowest BCUT2D eigenvalue weighted by Gasteiger charge is -2.44. The molecule has 100 valence electrons. The Bertz CT molecular complexity index is 429. The van der Waals surface area contributed by atoms with Crippen molar-refractivity contribution >= 4 is 5.69 Å². The van der Waals surface area contributed by atoms with E-state index in [0.29, 0.717) is 6.04 Å². The molecule has 1 aromatic carbocycles. The number of aryl methyl sites for hydroxylation is 1. The first-order valence-electron chi connectivity index (χ1n) is 6.59. The number of hydrogen-bond acceptors (Lipinski definition) is 3. The highest BCUT2D eigenvalue weighted by Crippen LogP contribution is 2.28. The second-order valence-electron chi connectivity index (χ2n) is 5.90. The van der Waals surface area contributed by atoms with Crippen molar-refractivity contribution in [2.45, 2.75) is 39.3 Å². The first-order valence-corrected chi connectivity index (χ1v) is 6.59. The third kappa shape index (κ3) is 2.61. The van der Waals surface area contributed by atoms with Crippen LogP contribution in [0.5, 0.6) is 5.75 Å². The van der Waals surface area contributed by atoms with Gasteiger partial charge < -0.3 is 15.0 Å². The predicted molar refractivity (Wildman–Crippen MR) is 76.6 cm³/mol. The Labute approximate surface area is 110 Å². The highest BCUT2D eigenvalue weighted by atomic mass is 16.5. The van der Waals surface area contributed by atoms with E-state index < -0.39 is 0 Å². The minimum atomic E-state index is 0.167. The van der Waals surface area contributed by atoms with Crippen LogP contribution >= 0.6 is 0 Å². The molecule has 18 heavy (non-hydrogen) atoms. The maximum absolute atomic E-state index is 5.32. The molecule has 3 heteroatoms. The molecule has 1 fully saturated rings. The molecule has 0 aliphatic carbocycles. The van der Waals surface area contributed by atoms with Crippen molar-refractivity contribution in [1.82, 2.24) is 5.32 Å². The molecule has 0 spiro atoms. The summed E-state index contributed by atoms with van der Waals surface area (Å²) in [6, 6.07) is 6.96. The Kier molecular flexibility index (Phi) is 3.53.